The number of carboxylic acid groups (broad SMARTS) is 1. The highest BCUT2D eigenvalue weighted by Crippen LogP contribution is 2.40. The average molecular weight is 234 g/mol. The summed E-state index contributed by atoms with van der Waals surface area (Å²) in [5.74, 6) is -0.320. The molecule has 1 aromatic carbocycles. The van der Waals surface area contributed by atoms with Crippen LogP contribution >= 0.6 is 0 Å². The van der Waals surface area contributed by atoms with Gasteiger partial charge in [-0.3, -0.25) is 4.79 Å². The Kier molecular flexibility index (Phi) is 3.20. The number of rotatable bonds is 4. The zero-order chi connectivity index (χ0) is 12.5. The molecule has 1 fully saturated rings. The Bertz CT molecular complexity index is 402. The molecule has 3 heteroatoms. The molecule has 17 heavy (non-hydrogen) atoms. The van der Waals surface area contributed by atoms with Gasteiger partial charge in [0.25, 0.3) is 0 Å². The minimum atomic E-state index is -0.808. The van der Waals surface area contributed by atoms with Crippen LogP contribution in [-0.4, -0.2) is 17.7 Å². The highest BCUT2D eigenvalue weighted by atomic mass is 16.5. The molecule has 2 rings (SSSR count). The van der Waals surface area contributed by atoms with E-state index in [1.807, 2.05) is 12.1 Å². The van der Waals surface area contributed by atoms with Gasteiger partial charge >= 0.3 is 5.97 Å². The molecule has 0 amide bonds. The van der Waals surface area contributed by atoms with E-state index in [1.54, 1.807) is 0 Å². The number of hydrogen-bond donors (Lipinski definition) is 1. The van der Waals surface area contributed by atoms with Crippen molar-refractivity contribution in [2.75, 3.05) is 6.61 Å². The van der Waals surface area contributed by atoms with Gasteiger partial charge in [0.05, 0.1) is 13.0 Å². The minimum absolute atomic E-state index is 0.0496. The predicted molar refractivity (Wildman–Crippen MR) is 65.0 cm³/mol. The van der Waals surface area contributed by atoms with Crippen LogP contribution in [0.4, 0.5) is 0 Å². The van der Waals surface area contributed by atoms with E-state index in [2.05, 4.69) is 26.0 Å². The van der Waals surface area contributed by atoms with E-state index in [-0.39, 0.29) is 6.42 Å². The third kappa shape index (κ3) is 2.34. The fourth-order valence-corrected chi connectivity index (χ4v) is 2.23. The highest BCUT2D eigenvalue weighted by molar-refractivity contribution is 5.69. The topological polar surface area (TPSA) is 46.5 Å². The van der Waals surface area contributed by atoms with Gasteiger partial charge in [0, 0.05) is 6.42 Å². The Balaban J connectivity index is 2.23. The lowest BCUT2D eigenvalue weighted by Gasteiger charge is -2.41. The first-order valence-corrected chi connectivity index (χ1v) is 6.00. The average Bonchev–Trinajstić information content (AvgIpc) is 2.23. The Morgan fingerprint density at radius 2 is 2.00 bits per heavy atom. The summed E-state index contributed by atoms with van der Waals surface area (Å²) >= 11 is 0. The molecule has 0 bridgehead atoms. The van der Waals surface area contributed by atoms with Gasteiger partial charge in [-0.1, -0.05) is 38.1 Å². The van der Waals surface area contributed by atoms with Crippen molar-refractivity contribution < 1.29 is 14.6 Å². The third-order valence-corrected chi connectivity index (χ3v) is 3.42. The maximum absolute atomic E-state index is 10.9. The molecular formula is C14H18O3. The molecule has 1 N–H and O–H groups in total. The molecule has 1 aliphatic rings. The molecular weight excluding hydrogens is 216 g/mol. The second-order valence-electron chi connectivity index (χ2n) is 4.94. The van der Waals surface area contributed by atoms with Gasteiger partial charge in [-0.05, 0) is 17.0 Å². The van der Waals surface area contributed by atoms with Crippen molar-refractivity contribution in [3.8, 4) is 0 Å². The van der Waals surface area contributed by atoms with Gasteiger partial charge in [0.15, 0.2) is 0 Å². The van der Waals surface area contributed by atoms with Crippen LogP contribution in [0.3, 0.4) is 0 Å². The minimum Gasteiger partial charge on any atom is -0.481 e. The van der Waals surface area contributed by atoms with Gasteiger partial charge in [-0.2, -0.15) is 0 Å². The van der Waals surface area contributed by atoms with Gasteiger partial charge in [-0.15, -0.1) is 0 Å². The summed E-state index contributed by atoms with van der Waals surface area (Å²) in [4.78, 5) is 10.9. The summed E-state index contributed by atoms with van der Waals surface area (Å²) in [6.45, 7) is 4.93. The lowest BCUT2D eigenvalue weighted by Crippen LogP contribution is -2.42. The standard InChI is InChI=1S/C14H18O3/c1-10(2)11-3-5-12(6-4-11)14(7-8-17-14)9-13(15)16/h3-6,10H,7-9H2,1-2H3,(H,15,16). The van der Waals surface area contributed by atoms with Crippen LogP contribution in [0.25, 0.3) is 0 Å². The van der Waals surface area contributed by atoms with Crippen molar-refractivity contribution in [2.24, 2.45) is 0 Å². The van der Waals surface area contributed by atoms with Gasteiger partial charge in [-0.25, -0.2) is 0 Å². The molecule has 92 valence electrons. The fraction of sp³-hybridized carbons (Fsp3) is 0.500. The molecule has 0 aliphatic carbocycles. The summed E-state index contributed by atoms with van der Waals surface area (Å²) in [6, 6.07) is 8.12. The molecule has 1 saturated heterocycles. The van der Waals surface area contributed by atoms with E-state index < -0.39 is 11.6 Å². The first-order valence-electron chi connectivity index (χ1n) is 6.00. The van der Waals surface area contributed by atoms with Gasteiger partial charge in [0.2, 0.25) is 0 Å². The van der Waals surface area contributed by atoms with Crippen LogP contribution < -0.4 is 0 Å². The molecule has 0 aromatic heterocycles. The van der Waals surface area contributed by atoms with Crippen molar-refractivity contribution in [2.45, 2.75) is 38.2 Å². The number of ether oxygens (including phenoxy) is 1. The van der Waals surface area contributed by atoms with E-state index in [4.69, 9.17) is 9.84 Å². The number of carboxylic acids is 1. The number of carbonyl (C=O) groups is 1. The highest BCUT2D eigenvalue weighted by Gasteiger charge is 2.42. The maximum atomic E-state index is 10.9. The summed E-state index contributed by atoms with van der Waals surface area (Å²) < 4.78 is 5.53. The van der Waals surface area contributed by atoms with Crippen LogP contribution in [0.5, 0.6) is 0 Å². The van der Waals surface area contributed by atoms with Crippen molar-refractivity contribution in [1.82, 2.24) is 0 Å². The van der Waals surface area contributed by atoms with Crippen molar-refractivity contribution >= 4 is 5.97 Å². The van der Waals surface area contributed by atoms with E-state index in [0.29, 0.717) is 12.5 Å². The second-order valence-corrected chi connectivity index (χ2v) is 4.94. The SMILES string of the molecule is CC(C)c1ccc(C2(CC(=O)O)CCO2)cc1. The van der Waals surface area contributed by atoms with Gasteiger partial charge < -0.3 is 9.84 Å². The van der Waals surface area contributed by atoms with Crippen molar-refractivity contribution in [3.05, 3.63) is 35.4 Å². The first kappa shape index (κ1) is 12.1. The zero-order valence-corrected chi connectivity index (χ0v) is 10.3. The van der Waals surface area contributed by atoms with Crippen LogP contribution in [0.1, 0.15) is 43.7 Å². The van der Waals surface area contributed by atoms with E-state index in [9.17, 15) is 4.79 Å². The molecule has 0 radical (unpaired) electrons. The largest absolute Gasteiger partial charge is 0.481 e. The van der Waals surface area contributed by atoms with Gasteiger partial charge in [0.1, 0.15) is 5.60 Å². The molecule has 3 nitrogen and oxygen atoms in total. The van der Waals surface area contributed by atoms with E-state index >= 15 is 0 Å². The van der Waals surface area contributed by atoms with E-state index in [0.717, 1.165) is 12.0 Å². The molecule has 1 atom stereocenters. The lowest BCUT2D eigenvalue weighted by molar-refractivity contribution is -0.176. The molecule has 1 aromatic rings. The summed E-state index contributed by atoms with van der Waals surface area (Å²) in [5, 5.41) is 8.94. The van der Waals surface area contributed by atoms with Crippen molar-refractivity contribution in [3.63, 3.8) is 0 Å². The Morgan fingerprint density at radius 3 is 2.35 bits per heavy atom. The van der Waals surface area contributed by atoms with Crippen molar-refractivity contribution in [1.29, 1.82) is 0 Å². The Hall–Kier alpha value is -1.35. The summed E-state index contributed by atoms with van der Waals surface area (Å²) in [6.07, 6.45) is 0.842. The maximum Gasteiger partial charge on any atom is 0.306 e. The number of aliphatic carboxylic acids is 1. The predicted octanol–water partition coefficient (Wildman–Crippen LogP) is 2.90. The Labute approximate surface area is 101 Å². The number of benzene rings is 1. The Morgan fingerprint density at radius 1 is 1.41 bits per heavy atom. The smallest absolute Gasteiger partial charge is 0.306 e. The monoisotopic (exact) mass is 234 g/mol. The molecule has 0 spiro atoms. The lowest BCUT2D eigenvalue weighted by atomic mass is 9.83. The fourth-order valence-electron chi connectivity index (χ4n) is 2.23. The van der Waals surface area contributed by atoms with Crippen LogP contribution in [0.2, 0.25) is 0 Å². The third-order valence-electron chi connectivity index (χ3n) is 3.42. The van der Waals surface area contributed by atoms with Crippen LogP contribution in [-0.2, 0) is 15.1 Å². The molecule has 1 heterocycles. The molecule has 1 unspecified atom stereocenters. The van der Waals surface area contributed by atoms with E-state index in [1.165, 1.54) is 5.56 Å². The quantitative estimate of drug-likeness (QED) is 0.871. The number of hydrogen-bond acceptors (Lipinski definition) is 2. The summed E-state index contributed by atoms with van der Waals surface area (Å²) in [5.41, 5.74) is 1.66. The normalized spacial score (nSPS) is 23.5. The zero-order valence-electron chi connectivity index (χ0n) is 10.3. The van der Waals surface area contributed by atoms with Crippen LogP contribution in [0, 0.1) is 0 Å². The summed E-state index contributed by atoms with van der Waals surface area (Å²) in [7, 11) is 0. The molecule has 1 aliphatic heterocycles. The van der Waals surface area contributed by atoms with Crippen LogP contribution in [0.15, 0.2) is 24.3 Å². The molecule has 0 saturated carbocycles. The second kappa shape index (κ2) is 4.49. The first-order chi connectivity index (χ1) is 8.03.